The van der Waals surface area contributed by atoms with Crippen LogP contribution in [0.2, 0.25) is 0 Å². The Morgan fingerprint density at radius 1 is 1.50 bits per heavy atom. The Bertz CT molecular complexity index is 126. The summed E-state index contributed by atoms with van der Waals surface area (Å²) in [6, 6.07) is -0.500. The maximum atomic E-state index is 11.2. The summed E-state index contributed by atoms with van der Waals surface area (Å²) in [6.45, 7) is 5.75. The molecule has 4 N–H and O–H groups in total. The second-order valence-electron chi connectivity index (χ2n) is 3.46. The lowest BCUT2D eigenvalue weighted by molar-refractivity contribution is -0.127. The van der Waals surface area contributed by atoms with Gasteiger partial charge in [0.25, 0.3) is 0 Å². The average Bonchev–Trinajstić information content (AvgIpc) is 1.83. The first-order valence-electron chi connectivity index (χ1n) is 3.39. The molecule has 0 heterocycles. The van der Waals surface area contributed by atoms with Gasteiger partial charge in [-0.1, -0.05) is 20.8 Å². The van der Waals surface area contributed by atoms with Gasteiger partial charge in [0.15, 0.2) is 5.78 Å². The maximum absolute atomic E-state index is 11.2. The summed E-state index contributed by atoms with van der Waals surface area (Å²) in [7, 11) is 0. The third kappa shape index (κ3) is 2.45. The summed E-state index contributed by atoms with van der Waals surface area (Å²) in [4.78, 5) is 11.2. The summed E-state index contributed by atoms with van der Waals surface area (Å²) in [6.07, 6.45) is 0. The van der Waals surface area contributed by atoms with Gasteiger partial charge in [-0.15, -0.1) is 0 Å². The first-order valence-corrected chi connectivity index (χ1v) is 3.39. The topological polar surface area (TPSA) is 69.1 Å². The molecule has 0 bridgehead atoms. The quantitative estimate of drug-likeness (QED) is 0.568. The highest BCUT2D eigenvalue weighted by atomic mass is 16.1. The Balaban J connectivity index is 4.09. The van der Waals surface area contributed by atoms with E-state index in [1.807, 2.05) is 20.8 Å². The van der Waals surface area contributed by atoms with Crippen molar-refractivity contribution < 1.29 is 4.79 Å². The standard InChI is InChI=1S/C7H16N2O/c1-7(2,3)6(10)5(9)4-8/h5H,4,8-9H2,1-3H3. The molecule has 0 saturated carbocycles. The van der Waals surface area contributed by atoms with Crippen LogP contribution < -0.4 is 11.5 Å². The molecular formula is C7H16N2O. The predicted octanol–water partition coefficient (Wildman–Crippen LogP) is -0.112. The fourth-order valence-electron chi connectivity index (χ4n) is 0.663. The lowest BCUT2D eigenvalue weighted by Crippen LogP contribution is -2.43. The zero-order chi connectivity index (χ0) is 8.36. The minimum absolute atomic E-state index is 0.0231. The molecule has 0 saturated heterocycles. The van der Waals surface area contributed by atoms with Crippen molar-refractivity contribution in [2.75, 3.05) is 6.54 Å². The molecule has 0 aromatic carbocycles. The molecule has 0 spiro atoms. The number of rotatable bonds is 2. The van der Waals surface area contributed by atoms with Gasteiger partial charge in [-0.2, -0.15) is 0 Å². The first kappa shape index (κ1) is 9.59. The van der Waals surface area contributed by atoms with Crippen molar-refractivity contribution in [3.63, 3.8) is 0 Å². The van der Waals surface area contributed by atoms with Crippen LogP contribution in [0.4, 0.5) is 0 Å². The van der Waals surface area contributed by atoms with Crippen LogP contribution in [0.25, 0.3) is 0 Å². The van der Waals surface area contributed by atoms with Gasteiger partial charge in [0, 0.05) is 12.0 Å². The highest BCUT2D eigenvalue weighted by Gasteiger charge is 2.25. The summed E-state index contributed by atoms with van der Waals surface area (Å²) in [5, 5.41) is 0. The van der Waals surface area contributed by atoms with E-state index in [0.29, 0.717) is 0 Å². The molecule has 0 aliphatic carbocycles. The summed E-state index contributed by atoms with van der Waals surface area (Å²) in [5.41, 5.74) is 10.3. The van der Waals surface area contributed by atoms with Gasteiger partial charge in [-0.3, -0.25) is 4.79 Å². The van der Waals surface area contributed by atoms with E-state index in [1.165, 1.54) is 0 Å². The van der Waals surface area contributed by atoms with Crippen molar-refractivity contribution in [2.45, 2.75) is 26.8 Å². The second-order valence-corrected chi connectivity index (χ2v) is 3.46. The molecule has 3 nitrogen and oxygen atoms in total. The maximum Gasteiger partial charge on any atom is 0.156 e. The van der Waals surface area contributed by atoms with Crippen molar-refractivity contribution in [1.82, 2.24) is 0 Å². The van der Waals surface area contributed by atoms with Crippen molar-refractivity contribution >= 4 is 5.78 Å². The molecule has 0 radical (unpaired) electrons. The highest BCUT2D eigenvalue weighted by molar-refractivity contribution is 5.88. The number of ketones is 1. The zero-order valence-electron chi connectivity index (χ0n) is 6.85. The summed E-state index contributed by atoms with van der Waals surface area (Å²) < 4.78 is 0. The Kier molecular flexibility index (Phi) is 2.99. The largest absolute Gasteiger partial charge is 0.328 e. The van der Waals surface area contributed by atoms with Gasteiger partial charge < -0.3 is 11.5 Å². The van der Waals surface area contributed by atoms with Gasteiger partial charge in [-0.05, 0) is 0 Å². The molecule has 0 aromatic rings. The van der Waals surface area contributed by atoms with E-state index in [0.717, 1.165) is 0 Å². The van der Waals surface area contributed by atoms with E-state index in [2.05, 4.69) is 0 Å². The van der Waals surface area contributed by atoms with E-state index in [4.69, 9.17) is 11.5 Å². The Hall–Kier alpha value is -0.410. The summed E-state index contributed by atoms with van der Waals surface area (Å²) in [5.74, 6) is 0.0231. The van der Waals surface area contributed by atoms with E-state index < -0.39 is 6.04 Å². The third-order valence-electron chi connectivity index (χ3n) is 1.33. The van der Waals surface area contributed by atoms with Crippen LogP contribution >= 0.6 is 0 Å². The van der Waals surface area contributed by atoms with Crippen LogP contribution in [0.1, 0.15) is 20.8 Å². The molecule has 1 unspecified atom stereocenters. The van der Waals surface area contributed by atoms with Crippen molar-refractivity contribution in [2.24, 2.45) is 16.9 Å². The second kappa shape index (κ2) is 3.12. The zero-order valence-corrected chi connectivity index (χ0v) is 6.85. The highest BCUT2D eigenvalue weighted by Crippen LogP contribution is 2.15. The SMILES string of the molecule is CC(C)(C)C(=O)C(N)CN. The number of nitrogens with two attached hydrogens (primary N) is 2. The molecule has 60 valence electrons. The molecule has 3 heteroatoms. The van der Waals surface area contributed by atoms with Gasteiger partial charge in [-0.25, -0.2) is 0 Å². The Morgan fingerprint density at radius 2 is 1.90 bits per heavy atom. The normalized spacial score (nSPS) is 14.9. The molecular weight excluding hydrogens is 128 g/mol. The molecule has 0 aliphatic rings. The molecule has 10 heavy (non-hydrogen) atoms. The smallest absolute Gasteiger partial charge is 0.156 e. The van der Waals surface area contributed by atoms with Crippen molar-refractivity contribution in [3.05, 3.63) is 0 Å². The van der Waals surface area contributed by atoms with Crippen LogP contribution in [0.3, 0.4) is 0 Å². The van der Waals surface area contributed by atoms with Crippen LogP contribution in [0, 0.1) is 5.41 Å². The fraction of sp³-hybridized carbons (Fsp3) is 0.857. The van der Waals surface area contributed by atoms with Crippen LogP contribution in [-0.4, -0.2) is 18.4 Å². The lowest BCUT2D eigenvalue weighted by atomic mass is 9.87. The number of Topliss-reactive ketones (excluding diaryl/α,β-unsaturated/α-hetero) is 1. The van der Waals surface area contributed by atoms with Crippen LogP contribution in [-0.2, 0) is 4.79 Å². The third-order valence-corrected chi connectivity index (χ3v) is 1.33. The van der Waals surface area contributed by atoms with E-state index >= 15 is 0 Å². The van der Waals surface area contributed by atoms with E-state index in [-0.39, 0.29) is 17.7 Å². The van der Waals surface area contributed by atoms with E-state index in [9.17, 15) is 4.79 Å². The molecule has 0 aromatic heterocycles. The average molecular weight is 144 g/mol. The molecule has 0 rings (SSSR count). The van der Waals surface area contributed by atoms with Crippen molar-refractivity contribution in [3.8, 4) is 0 Å². The van der Waals surface area contributed by atoms with Gasteiger partial charge >= 0.3 is 0 Å². The number of carbonyl (C=O) groups excluding carboxylic acids is 1. The molecule has 0 fully saturated rings. The Morgan fingerprint density at radius 3 is 2.00 bits per heavy atom. The van der Waals surface area contributed by atoms with Gasteiger partial charge in [0.1, 0.15) is 0 Å². The molecule has 1 atom stereocenters. The lowest BCUT2D eigenvalue weighted by Gasteiger charge is -2.20. The monoisotopic (exact) mass is 144 g/mol. The molecule has 0 aliphatic heterocycles. The first-order chi connectivity index (χ1) is 4.39. The number of carbonyl (C=O) groups is 1. The fourth-order valence-corrected chi connectivity index (χ4v) is 0.663. The summed E-state index contributed by atoms with van der Waals surface area (Å²) >= 11 is 0. The van der Waals surface area contributed by atoms with Crippen LogP contribution in [0.15, 0.2) is 0 Å². The predicted molar refractivity (Wildman–Crippen MR) is 41.5 cm³/mol. The Labute approximate surface area is 61.8 Å². The number of hydrogen-bond acceptors (Lipinski definition) is 3. The van der Waals surface area contributed by atoms with Crippen LogP contribution in [0.5, 0.6) is 0 Å². The molecule has 0 amide bonds. The minimum Gasteiger partial charge on any atom is -0.328 e. The van der Waals surface area contributed by atoms with E-state index in [1.54, 1.807) is 0 Å². The van der Waals surface area contributed by atoms with Gasteiger partial charge in [0.2, 0.25) is 0 Å². The number of hydrogen-bond donors (Lipinski definition) is 2. The van der Waals surface area contributed by atoms with Gasteiger partial charge in [0.05, 0.1) is 6.04 Å². The minimum atomic E-state index is -0.500. The van der Waals surface area contributed by atoms with Crippen molar-refractivity contribution in [1.29, 1.82) is 0 Å².